The summed E-state index contributed by atoms with van der Waals surface area (Å²) in [6, 6.07) is 16.3. The van der Waals surface area contributed by atoms with Crippen molar-refractivity contribution in [1.29, 1.82) is 0 Å². The second-order valence-corrected chi connectivity index (χ2v) is 8.26. The number of carbonyl (C=O) groups is 1. The zero-order chi connectivity index (χ0) is 20.1. The predicted molar refractivity (Wildman–Crippen MR) is 111 cm³/mol. The smallest absolute Gasteiger partial charge is 0.240 e. The number of ether oxygens (including phenoxy) is 1. The Morgan fingerprint density at radius 2 is 2.10 bits per heavy atom. The number of hydrogen-bond donors (Lipinski definition) is 1. The van der Waals surface area contributed by atoms with Gasteiger partial charge in [-0.25, -0.2) is 0 Å². The Balaban J connectivity index is 1.53. The van der Waals surface area contributed by atoms with Crippen molar-refractivity contribution in [3.63, 3.8) is 0 Å². The molecule has 30 heavy (non-hydrogen) atoms. The van der Waals surface area contributed by atoms with Gasteiger partial charge in [-0.1, -0.05) is 35.5 Å². The highest BCUT2D eigenvalue weighted by molar-refractivity contribution is 6.09. The van der Waals surface area contributed by atoms with Gasteiger partial charge in [-0.2, -0.15) is 0 Å². The average molecular weight is 401 g/mol. The van der Waals surface area contributed by atoms with E-state index in [4.69, 9.17) is 4.74 Å². The molecule has 0 radical (unpaired) electrons. The first-order valence-electron chi connectivity index (χ1n) is 10.5. The topological polar surface area (TPSA) is 72.3 Å². The van der Waals surface area contributed by atoms with E-state index in [0.717, 1.165) is 54.2 Å². The number of carbonyl (C=O) groups excluding carboxylic acids is 1. The largest absolute Gasteiger partial charge is 0.494 e. The number of para-hydroxylation sites is 1. The molecule has 3 aliphatic rings. The van der Waals surface area contributed by atoms with Gasteiger partial charge in [0.2, 0.25) is 5.91 Å². The van der Waals surface area contributed by atoms with Gasteiger partial charge in [0.15, 0.2) is 0 Å². The van der Waals surface area contributed by atoms with Gasteiger partial charge in [-0.15, -0.1) is 5.10 Å². The second-order valence-electron chi connectivity index (χ2n) is 8.26. The third kappa shape index (κ3) is 2.51. The zero-order valence-electron chi connectivity index (χ0n) is 16.6. The van der Waals surface area contributed by atoms with Crippen molar-refractivity contribution < 1.29 is 9.53 Å². The van der Waals surface area contributed by atoms with Crippen molar-refractivity contribution in [2.45, 2.75) is 37.4 Å². The molecule has 3 aromatic rings. The fraction of sp³-hybridized carbons (Fsp3) is 0.348. The summed E-state index contributed by atoms with van der Waals surface area (Å²) in [5.41, 5.74) is 3.34. The third-order valence-corrected chi connectivity index (χ3v) is 6.56. The van der Waals surface area contributed by atoms with E-state index in [-0.39, 0.29) is 11.9 Å². The van der Waals surface area contributed by atoms with E-state index in [1.807, 2.05) is 46.1 Å². The van der Waals surface area contributed by atoms with E-state index in [1.165, 1.54) is 0 Å². The van der Waals surface area contributed by atoms with Crippen molar-refractivity contribution in [1.82, 2.24) is 20.3 Å². The summed E-state index contributed by atoms with van der Waals surface area (Å²) in [5, 5.41) is 12.2. The monoisotopic (exact) mass is 401 g/mol. The van der Waals surface area contributed by atoms with Crippen LogP contribution in [0, 0.1) is 0 Å². The van der Waals surface area contributed by atoms with E-state index in [9.17, 15) is 4.79 Å². The van der Waals surface area contributed by atoms with Crippen LogP contribution in [0.2, 0.25) is 0 Å². The first kappa shape index (κ1) is 17.7. The van der Waals surface area contributed by atoms with Crippen molar-refractivity contribution in [3.05, 3.63) is 71.5 Å². The van der Waals surface area contributed by atoms with Crippen LogP contribution in [0.5, 0.6) is 5.75 Å². The van der Waals surface area contributed by atoms with Crippen LogP contribution in [0.3, 0.4) is 0 Å². The van der Waals surface area contributed by atoms with Crippen LogP contribution in [-0.4, -0.2) is 34.1 Å². The Bertz CT molecular complexity index is 1130. The number of fused-ring (bicyclic) bond motifs is 8. The van der Waals surface area contributed by atoms with Gasteiger partial charge < -0.3 is 15.0 Å². The fourth-order valence-corrected chi connectivity index (χ4v) is 5.25. The lowest BCUT2D eigenvalue weighted by atomic mass is 9.73. The molecular weight excluding hydrogens is 378 g/mol. The predicted octanol–water partition coefficient (Wildman–Crippen LogP) is 2.58. The SMILES string of the molecule is O=C1N2Cc3cn(nn3)CCCOc3cccc(c3)[C@@H]3NCC[C@]13c1ccccc12. The number of amides is 1. The molecule has 1 aromatic heterocycles. The summed E-state index contributed by atoms with van der Waals surface area (Å²) in [5.74, 6) is 0.968. The molecule has 1 amide bonds. The number of aryl methyl sites for hydroxylation is 1. The van der Waals surface area contributed by atoms with Crippen LogP contribution in [0.25, 0.3) is 0 Å². The summed E-state index contributed by atoms with van der Waals surface area (Å²) in [4.78, 5) is 15.9. The van der Waals surface area contributed by atoms with E-state index in [1.54, 1.807) is 0 Å². The van der Waals surface area contributed by atoms with E-state index in [0.29, 0.717) is 13.2 Å². The van der Waals surface area contributed by atoms with Gasteiger partial charge in [-0.3, -0.25) is 9.48 Å². The molecule has 1 fully saturated rings. The van der Waals surface area contributed by atoms with Crippen molar-refractivity contribution >= 4 is 11.6 Å². The number of nitrogens with one attached hydrogen (secondary N) is 1. The Hall–Kier alpha value is -3.19. The van der Waals surface area contributed by atoms with Crippen molar-refractivity contribution in [2.75, 3.05) is 18.1 Å². The first-order chi connectivity index (χ1) is 14.8. The lowest BCUT2D eigenvalue weighted by Crippen LogP contribution is -2.43. The van der Waals surface area contributed by atoms with Crippen LogP contribution < -0.4 is 15.0 Å². The van der Waals surface area contributed by atoms with Gasteiger partial charge >= 0.3 is 0 Å². The highest BCUT2D eigenvalue weighted by atomic mass is 16.5. The number of benzene rings is 2. The van der Waals surface area contributed by atoms with Crippen LogP contribution >= 0.6 is 0 Å². The van der Waals surface area contributed by atoms with E-state index >= 15 is 0 Å². The molecule has 6 rings (SSSR count). The fourth-order valence-electron chi connectivity index (χ4n) is 5.25. The Morgan fingerprint density at radius 3 is 3.07 bits per heavy atom. The average Bonchev–Trinajstić information content (AvgIpc) is 3.47. The van der Waals surface area contributed by atoms with Crippen LogP contribution in [0.15, 0.2) is 54.7 Å². The van der Waals surface area contributed by atoms with Gasteiger partial charge in [0.1, 0.15) is 11.4 Å². The molecule has 2 atom stereocenters. The van der Waals surface area contributed by atoms with Crippen molar-refractivity contribution in [3.8, 4) is 5.75 Å². The molecule has 1 spiro atoms. The normalized spacial score (nSPS) is 25.1. The minimum absolute atomic E-state index is 0.0967. The molecule has 2 aromatic carbocycles. The number of hydrogen-bond acceptors (Lipinski definition) is 5. The highest BCUT2D eigenvalue weighted by Crippen LogP contribution is 2.53. The summed E-state index contributed by atoms with van der Waals surface area (Å²) in [6.07, 6.45) is 3.54. The van der Waals surface area contributed by atoms with Gasteiger partial charge in [0.25, 0.3) is 0 Å². The standard InChI is InChI=1S/C23H23N5O2/c29-22-23-9-10-24-21(23)16-5-3-6-18(13-16)30-12-4-11-27-14-17(25-26-27)15-28(22)20-8-2-1-7-19(20)23/h1-3,5-8,13-14,21,24H,4,9-12,15H2/t21-,23+/m0/s1. The van der Waals surface area contributed by atoms with Gasteiger partial charge in [-0.05, 0) is 42.3 Å². The minimum Gasteiger partial charge on any atom is -0.494 e. The number of aromatic nitrogens is 3. The number of rotatable bonds is 0. The van der Waals surface area contributed by atoms with Crippen molar-refractivity contribution in [2.24, 2.45) is 0 Å². The minimum atomic E-state index is -0.620. The summed E-state index contributed by atoms with van der Waals surface area (Å²) in [6.45, 7) is 2.56. The van der Waals surface area contributed by atoms with Crippen LogP contribution in [0.1, 0.15) is 35.7 Å². The Kier molecular flexibility index (Phi) is 3.92. The number of nitrogens with zero attached hydrogens (tertiary/aromatic N) is 4. The molecule has 7 nitrogen and oxygen atoms in total. The molecule has 152 valence electrons. The van der Waals surface area contributed by atoms with E-state index in [2.05, 4.69) is 33.8 Å². The molecule has 1 saturated heterocycles. The molecule has 6 bridgehead atoms. The lowest BCUT2D eigenvalue weighted by Gasteiger charge is -2.31. The molecular formula is C23H23N5O2. The molecule has 0 saturated carbocycles. The Labute approximate surface area is 174 Å². The third-order valence-electron chi connectivity index (χ3n) is 6.56. The summed E-state index contributed by atoms with van der Waals surface area (Å²) in [7, 11) is 0. The molecule has 7 heteroatoms. The maximum absolute atomic E-state index is 14.0. The quantitative estimate of drug-likeness (QED) is 0.627. The van der Waals surface area contributed by atoms with Gasteiger partial charge in [0.05, 0.1) is 30.8 Å². The maximum atomic E-state index is 14.0. The van der Waals surface area contributed by atoms with Gasteiger partial charge in [0, 0.05) is 18.7 Å². The summed E-state index contributed by atoms with van der Waals surface area (Å²) >= 11 is 0. The molecule has 0 aliphatic carbocycles. The van der Waals surface area contributed by atoms with Crippen LogP contribution in [0.4, 0.5) is 5.69 Å². The molecule has 3 aliphatic heterocycles. The first-order valence-corrected chi connectivity index (χ1v) is 10.5. The number of anilines is 1. The van der Waals surface area contributed by atoms with Crippen LogP contribution in [-0.2, 0) is 23.3 Å². The molecule has 4 heterocycles. The lowest BCUT2D eigenvalue weighted by molar-refractivity contribution is -0.123. The summed E-state index contributed by atoms with van der Waals surface area (Å²) < 4.78 is 7.84. The molecule has 1 N–H and O–H groups in total. The van der Waals surface area contributed by atoms with E-state index < -0.39 is 5.41 Å². The zero-order valence-corrected chi connectivity index (χ0v) is 16.6. The highest BCUT2D eigenvalue weighted by Gasteiger charge is 2.58. The molecule has 0 unspecified atom stereocenters. The Morgan fingerprint density at radius 1 is 1.17 bits per heavy atom. The maximum Gasteiger partial charge on any atom is 0.240 e. The second kappa shape index (κ2) is 6.67.